The van der Waals surface area contributed by atoms with E-state index in [0.29, 0.717) is 23.7 Å². The van der Waals surface area contributed by atoms with Gasteiger partial charge in [-0.1, -0.05) is 18.2 Å². The van der Waals surface area contributed by atoms with Gasteiger partial charge in [-0.25, -0.2) is 14.5 Å². The predicted molar refractivity (Wildman–Crippen MR) is 107 cm³/mol. The van der Waals surface area contributed by atoms with E-state index < -0.39 is 0 Å². The molecule has 0 unspecified atom stereocenters. The van der Waals surface area contributed by atoms with Crippen LogP contribution in [0.1, 0.15) is 23.9 Å². The summed E-state index contributed by atoms with van der Waals surface area (Å²) in [7, 11) is 0. The largest absolute Gasteiger partial charge is 0.382 e. The fourth-order valence-corrected chi connectivity index (χ4v) is 3.67. The van der Waals surface area contributed by atoms with Gasteiger partial charge in [0.25, 0.3) is 5.56 Å². The number of nitrogen functional groups attached to an aromatic ring is 1. The van der Waals surface area contributed by atoms with Gasteiger partial charge >= 0.3 is 0 Å². The third-order valence-corrected chi connectivity index (χ3v) is 5.16. The highest BCUT2D eigenvalue weighted by molar-refractivity contribution is 5.65. The van der Waals surface area contributed by atoms with E-state index in [-0.39, 0.29) is 23.0 Å². The van der Waals surface area contributed by atoms with Gasteiger partial charge in [-0.15, -0.1) is 0 Å². The van der Waals surface area contributed by atoms with Gasteiger partial charge in [-0.05, 0) is 30.7 Å². The van der Waals surface area contributed by atoms with Crippen LogP contribution in [0.3, 0.4) is 0 Å². The zero-order valence-electron chi connectivity index (χ0n) is 15.3. The smallest absolute Gasteiger partial charge is 0.282 e. The summed E-state index contributed by atoms with van der Waals surface area (Å²) in [6.45, 7) is 0.671. The van der Waals surface area contributed by atoms with Crippen LogP contribution < -0.4 is 16.2 Å². The Morgan fingerprint density at radius 2 is 1.97 bits per heavy atom. The summed E-state index contributed by atoms with van der Waals surface area (Å²) < 4.78 is 3.22. The second-order valence-electron chi connectivity index (χ2n) is 6.74. The molecule has 1 fully saturated rings. The molecule has 142 valence electrons. The Hall–Kier alpha value is -4.19. The van der Waals surface area contributed by atoms with Crippen LogP contribution in [0.5, 0.6) is 0 Å². The van der Waals surface area contributed by atoms with Crippen molar-refractivity contribution >= 4 is 17.2 Å². The highest BCUT2D eigenvalue weighted by Crippen LogP contribution is 2.38. The first-order valence-electron chi connectivity index (χ1n) is 9.12. The number of rotatable bonds is 3. The summed E-state index contributed by atoms with van der Waals surface area (Å²) in [5.74, 6) is 1.17. The lowest BCUT2D eigenvalue weighted by Gasteiger charge is -2.42. The van der Waals surface area contributed by atoms with E-state index >= 15 is 0 Å². The van der Waals surface area contributed by atoms with Crippen LogP contribution in [0.2, 0.25) is 0 Å². The molecule has 4 heterocycles. The van der Waals surface area contributed by atoms with Crippen LogP contribution in [-0.2, 0) is 0 Å². The minimum Gasteiger partial charge on any atom is -0.382 e. The van der Waals surface area contributed by atoms with Gasteiger partial charge < -0.3 is 10.6 Å². The van der Waals surface area contributed by atoms with Crippen molar-refractivity contribution in [1.29, 1.82) is 5.26 Å². The number of aromatic nitrogens is 5. The van der Waals surface area contributed by atoms with E-state index in [4.69, 9.17) is 10.8 Å². The number of fused-ring (bicyclic) bond motifs is 1. The number of anilines is 2. The fourth-order valence-electron chi connectivity index (χ4n) is 3.67. The molecule has 1 aliphatic rings. The van der Waals surface area contributed by atoms with E-state index in [2.05, 4.69) is 16.0 Å². The Morgan fingerprint density at radius 1 is 1.14 bits per heavy atom. The minimum atomic E-state index is -0.226. The molecule has 2 N–H and O–H groups in total. The lowest BCUT2D eigenvalue weighted by molar-refractivity contribution is 0.422. The van der Waals surface area contributed by atoms with Crippen LogP contribution in [0.25, 0.3) is 11.2 Å². The zero-order chi connectivity index (χ0) is 20.0. The highest BCUT2D eigenvalue weighted by Gasteiger charge is 2.37. The number of hydrogen-bond acceptors (Lipinski definition) is 7. The molecule has 1 saturated heterocycles. The summed E-state index contributed by atoms with van der Waals surface area (Å²) >= 11 is 0. The molecule has 9 heteroatoms. The molecule has 1 aliphatic heterocycles. The Morgan fingerprint density at radius 3 is 2.69 bits per heavy atom. The molecule has 9 nitrogen and oxygen atoms in total. The maximum atomic E-state index is 13.3. The molecular weight excluding hydrogens is 368 g/mol. The van der Waals surface area contributed by atoms with Crippen LogP contribution >= 0.6 is 0 Å². The summed E-state index contributed by atoms with van der Waals surface area (Å²) in [6.07, 6.45) is 3.86. The molecule has 0 aliphatic carbocycles. The number of nitrogens with two attached hydrogens (primary N) is 1. The zero-order valence-corrected chi connectivity index (χ0v) is 15.3. The van der Waals surface area contributed by atoms with Crippen LogP contribution in [0.4, 0.5) is 11.6 Å². The molecule has 3 aromatic heterocycles. The number of hydrogen-bond donors (Lipinski definition) is 1. The Balaban J connectivity index is 1.71. The van der Waals surface area contributed by atoms with E-state index in [0.717, 1.165) is 12.1 Å². The van der Waals surface area contributed by atoms with Crippen molar-refractivity contribution in [2.24, 2.45) is 0 Å². The molecule has 0 bridgehead atoms. The molecule has 29 heavy (non-hydrogen) atoms. The summed E-state index contributed by atoms with van der Waals surface area (Å²) in [5.41, 5.74) is 7.17. The SMILES string of the molecule is N#Cc1c(N)ncnc1N1CC[C@H]1c1nn2cccc2c(=O)n1-c1ccccc1. The molecule has 0 saturated carbocycles. The van der Waals surface area contributed by atoms with Crippen molar-refractivity contribution in [3.8, 4) is 11.8 Å². The molecule has 0 radical (unpaired) electrons. The molecule has 4 aromatic rings. The lowest BCUT2D eigenvalue weighted by atomic mass is 10.0. The monoisotopic (exact) mass is 384 g/mol. The number of nitrogens with zero attached hydrogens (tertiary/aromatic N) is 7. The van der Waals surface area contributed by atoms with Crippen molar-refractivity contribution in [3.63, 3.8) is 0 Å². The fraction of sp³-hybridized carbons (Fsp3) is 0.150. The highest BCUT2D eigenvalue weighted by atomic mass is 16.1. The van der Waals surface area contributed by atoms with E-state index in [1.54, 1.807) is 27.4 Å². The standard InChI is InChI=1S/C20H16N8O/c21-11-14-17(22)23-12-24-18(14)26-10-8-15(26)19-25-27-9-4-7-16(27)20(29)28(19)13-5-2-1-3-6-13/h1-7,9,12,15H,8,10H2,(H2,22,23,24)/t15-/m0/s1. The van der Waals surface area contributed by atoms with Gasteiger partial charge in [0.15, 0.2) is 11.6 Å². The average molecular weight is 384 g/mol. The molecular formula is C20H16N8O. The minimum absolute atomic E-state index is 0.137. The van der Waals surface area contributed by atoms with Crippen molar-refractivity contribution in [2.75, 3.05) is 17.2 Å². The van der Waals surface area contributed by atoms with Crippen molar-refractivity contribution < 1.29 is 0 Å². The molecule has 1 aromatic carbocycles. The molecule has 1 atom stereocenters. The average Bonchev–Trinajstić information content (AvgIpc) is 3.17. The van der Waals surface area contributed by atoms with Crippen LogP contribution in [-0.4, -0.2) is 30.7 Å². The molecule has 5 rings (SSSR count). The molecule has 0 spiro atoms. The van der Waals surface area contributed by atoms with Crippen LogP contribution in [0.15, 0.2) is 59.8 Å². The van der Waals surface area contributed by atoms with Crippen molar-refractivity contribution in [2.45, 2.75) is 12.5 Å². The third kappa shape index (κ3) is 2.54. The van der Waals surface area contributed by atoms with Crippen molar-refractivity contribution in [3.05, 3.63) is 76.7 Å². The van der Waals surface area contributed by atoms with Gasteiger partial charge in [0.2, 0.25) is 0 Å². The maximum absolute atomic E-state index is 13.3. The normalized spacial score (nSPS) is 15.8. The Labute approximate surface area is 165 Å². The third-order valence-electron chi connectivity index (χ3n) is 5.16. The van der Waals surface area contributed by atoms with Gasteiger partial charge in [0.05, 0.1) is 11.7 Å². The van der Waals surface area contributed by atoms with Gasteiger partial charge in [-0.2, -0.15) is 10.4 Å². The lowest BCUT2D eigenvalue weighted by Crippen LogP contribution is -2.45. The van der Waals surface area contributed by atoms with E-state index in [1.807, 2.05) is 35.2 Å². The van der Waals surface area contributed by atoms with Crippen LogP contribution in [0, 0.1) is 11.3 Å². The predicted octanol–water partition coefficient (Wildman–Crippen LogP) is 1.68. The first-order valence-corrected chi connectivity index (χ1v) is 9.12. The Bertz CT molecular complexity index is 1320. The second-order valence-corrected chi connectivity index (χ2v) is 6.74. The maximum Gasteiger partial charge on any atom is 0.282 e. The van der Waals surface area contributed by atoms with Crippen molar-refractivity contribution in [1.82, 2.24) is 24.1 Å². The number of benzene rings is 1. The number of nitriles is 1. The summed E-state index contributed by atoms with van der Waals surface area (Å²) in [4.78, 5) is 23.4. The van der Waals surface area contributed by atoms with Gasteiger partial charge in [0.1, 0.15) is 29.3 Å². The topological polar surface area (TPSA) is 118 Å². The quantitative estimate of drug-likeness (QED) is 0.571. The summed E-state index contributed by atoms with van der Waals surface area (Å²) in [6, 6.07) is 14.8. The summed E-state index contributed by atoms with van der Waals surface area (Å²) in [5, 5.41) is 14.2. The first-order chi connectivity index (χ1) is 14.2. The van der Waals surface area contributed by atoms with Gasteiger partial charge in [0, 0.05) is 12.7 Å². The number of para-hydroxylation sites is 1. The molecule has 0 amide bonds. The first kappa shape index (κ1) is 16.9. The Kier molecular flexibility index (Phi) is 3.77. The van der Waals surface area contributed by atoms with E-state index in [1.165, 1.54) is 6.33 Å². The van der Waals surface area contributed by atoms with E-state index in [9.17, 15) is 10.1 Å². The second kappa shape index (κ2) is 6.45. The van der Waals surface area contributed by atoms with Gasteiger partial charge in [-0.3, -0.25) is 9.36 Å².